The van der Waals surface area contributed by atoms with Crippen LogP contribution in [0.15, 0.2) is 41.5 Å². The van der Waals surface area contributed by atoms with Gasteiger partial charge >= 0.3 is 0 Å². The number of morpholine rings is 1. The van der Waals surface area contributed by atoms with E-state index < -0.39 is 5.91 Å². The zero-order chi connectivity index (χ0) is 17.9. The van der Waals surface area contributed by atoms with Crippen molar-refractivity contribution in [3.8, 4) is 0 Å². The molecule has 2 aliphatic rings. The summed E-state index contributed by atoms with van der Waals surface area (Å²) in [6.45, 7) is 4.97. The van der Waals surface area contributed by atoms with Gasteiger partial charge in [-0.15, -0.1) is 0 Å². The fourth-order valence-corrected chi connectivity index (χ4v) is 3.51. The molecule has 7 heteroatoms. The third-order valence-electron chi connectivity index (χ3n) is 4.95. The van der Waals surface area contributed by atoms with E-state index in [9.17, 15) is 4.79 Å². The third-order valence-corrected chi connectivity index (χ3v) is 4.95. The zero-order valence-corrected chi connectivity index (χ0v) is 14.5. The van der Waals surface area contributed by atoms with Crippen LogP contribution in [0.4, 0.5) is 0 Å². The van der Waals surface area contributed by atoms with Gasteiger partial charge in [0.2, 0.25) is 0 Å². The number of aromatic nitrogens is 1. The number of nitrogens with zero attached hydrogens (tertiary/aromatic N) is 3. The number of nitrogens with one attached hydrogen (secondary N) is 1. The maximum atomic E-state index is 11.4. The molecule has 1 saturated heterocycles. The number of ether oxygens (including phenoxy) is 1. The number of carbonyl (C=O) groups excluding carboxylic acids is 1. The lowest BCUT2D eigenvalue weighted by Gasteiger charge is -2.32. The molecule has 1 atom stereocenters. The van der Waals surface area contributed by atoms with Crippen LogP contribution in [0.1, 0.15) is 15.9 Å². The first kappa shape index (κ1) is 17.0. The van der Waals surface area contributed by atoms with Gasteiger partial charge in [0.15, 0.2) is 0 Å². The quantitative estimate of drug-likeness (QED) is 0.587. The molecular weight excluding hydrogens is 332 g/mol. The fourth-order valence-electron chi connectivity index (χ4n) is 3.51. The summed E-state index contributed by atoms with van der Waals surface area (Å²) in [7, 11) is 0. The van der Waals surface area contributed by atoms with Crippen LogP contribution in [0.5, 0.6) is 0 Å². The minimum atomic E-state index is -0.506. The average molecular weight is 354 g/mol. The van der Waals surface area contributed by atoms with E-state index in [2.05, 4.69) is 27.8 Å². The predicted molar refractivity (Wildman–Crippen MR) is 95.5 cm³/mol. The van der Waals surface area contributed by atoms with Crippen LogP contribution < -0.4 is 16.2 Å². The van der Waals surface area contributed by atoms with Gasteiger partial charge in [-0.2, -0.15) is 0 Å². The van der Waals surface area contributed by atoms with Gasteiger partial charge in [-0.25, -0.2) is 5.48 Å². The summed E-state index contributed by atoms with van der Waals surface area (Å²) in [6, 6.07) is 9.64. The van der Waals surface area contributed by atoms with Crippen molar-refractivity contribution in [3.05, 3.63) is 58.4 Å². The molecule has 1 aromatic heterocycles. The molecule has 0 radical (unpaired) electrons. The van der Waals surface area contributed by atoms with E-state index in [1.807, 2.05) is 12.1 Å². The second-order valence-electron chi connectivity index (χ2n) is 6.58. The van der Waals surface area contributed by atoms with Crippen LogP contribution in [-0.4, -0.2) is 59.5 Å². The number of carbonyl (C=O) groups is 1. The Hall–Kier alpha value is -2.48. The van der Waals surface area contributed by atoms with Gasteiger partial charge in [-0.1, -0.05) is 18.2 Å². The number of hydroxylamine groups is 1. The van der Waals surface area contributed by atoms with E-state index in [1.54, 1.807) is 17.6 Å². The van der Waals surface area contributed by atoms with Crippen LogP contribution in [-0.2, 0) is 11.3 Å². The summed E-state index contributed by atoms with van der Waals surface area (Å²) in [4.78, 5) is 18.6. The van der Waals surface area contributed by atoms with Crippen LogP contribution in [0, 0.1) is 0 Å². The highest BCUT2D eigenvalue weighted by molar-refractivity contribution is 5.93. The molecule has 2 N–H and O–H groups in total. The maximum absolute atomic E-state index is 11.4. The highest BCUT2D eigenvalue weighted by Crippen LogP contribution is 2.08. The topological polar surface area (TPSA) is 79.1 Å². The van der Waals surface area contributed by atoms with E-state index >= 15 is 0 Å². The first-order valence-electron chi connectivity index (χ1n) is 8.81. The lowest BCUT2D eigenvalue weighted by atomic mass is 10.1. The predicted octanol–water partition coefficient (Wildman–Crippen LogP) is -0.230. The zero-order valence-electron chi connectivity index (χ0n) is 14.5. The van der Waals surface area contributed by atoms with Crippen molar-refractivity contribution in [2.75, 3.05) is 32.8 Å². The van der Waals surface area contributed by atoms with Gasteiger partial charge in [0.05, 0.1) is 19.8 Å². The van der Waals surface area contributed by atoms with Crippen molar-refractivity contribution >= 4 is 12.0 Å². The van der Waals surface area contributed by atoms with Gasteiger partial charge in [0.25, 0.3) is 5.91 Å². The molecule has 0 aliphatic carbocycles. The highest BCUT2D eigenvalue weighted by atomic mass is 16.5. The number of benzene rings is 1. The molecular formula is C19H22N4O3. The highest BCUT2D eigenvalue weighted by Gasteiger charge is 2.20. The van der Waals surface area contributed by atoms with E-state index in [4.69, 9.17) is 14.9 Å². The molecule has 2 aromatic rings. The van der Waals surface area contributed by atoms with E-state index in [0.29, 0.717) is 18.2 Å². The summed E-state index contributed by atoms with van der Waals surface area (Å²) in [5.41, 5.74) is 4.15. The van der Waals surface area contributed by atoms with Crippen LogP contribution in [0.3, 0.4) is 0 Å². The van der Waals surface area contributed by atoms with Gasteiger partial charge in [0.1, 0.15) is 5.49 Å². The molecule has 1 fully saturated rings. The van der Waals surface area contributed by atoms with Gasteiger partial charge in [-0.3, -0.25) is 19.9 Å². The Balaban J connectivity index is 1.52. The Morgan fingerprint density at radius 2 is 2.00 bits per heavy atom. The van der Waals surface area contributed by atoms with Crippen LogP contribution >= 0.6 is 0 Å². The largest absolute Gasteiger partial charge is 0.379 e. The van der Waals surface area contributed by atoms with Crippen molar-refractivity contribution in [3.63, 3.8) is 0 Å². The molecule has 0 saturated carbocycles. The lowest BCUT2D eigenvalue weighted by Crippen LogP contribution is -2.48. The normalized spacial score (nSPS) is 20.0. The standard InChI is InChI=1S/C19H22N4O3/c24-19(21-25)15-3-1-14(2-4-15)13-23-6-5-16-11-17(12-20-18(16)23)22-7-9-26-10-8-22/h1-6,11,17,25H,7-10,12-13H2,(H,21,24). The number of hydrogen-bond acceptors (Lipinski definition) is 5. The molecule has 4 rings (SSSR count). The molecule has 1 amide bonds. The fraction of sp³-hybridized carbons (Fsp3) is 0.368. The SMILES string of the molecule is O=C(NO)c1ccc(Cn2ccc3c2=NCC(N2CCOCC2)C=3)cc1. The molecule has 0 bridgehead atoms. The molecule has 0 spiro atoms. The van der Waals surface area contributed by atoms with Crippen molar-refractivity contribution in [2.45, 2.75) is 12.6 Å². The second-order valence-corrected chi connectivity index (χ2v) is 6.58. The Kier molecular flexibility index (Phi) is 4.83. The summed E-state index contributed by atoms with van der Waals surface area (Å²) in [5.74, 6) is -0.506. The van der Waals surface area contributed by atoms with E-state index in [0.717, 1.165) is 43.9 Å². The van der Waals surface area contributed by atoms with E-state index in [-0.39, 0.29) is 0 Å². The summed E-state index contributed by atoms with van der Waals surface area (Å²) < 4.78 is 7.56. The van der Waals surface area contributed by atoms with Crippen molar-refractivity contribution in [2.24, 2.45) is 4.99 Å². The minimum absolute atomic E-state index is 0.346. The molecule has 3 heterocycles. The van der Waals surface area contributed by atoms with Crippen molar-refractivity contribution < 1.29 is 14.7 Å². The molecule has 2 aliphatic heterocycles. The second kappa shape index (κ2) is 7.41. The number of rotatable bonds is 4. The molecule has 1 unspecified atom stereocenters. The van der Waals surface area contributed by atoms with Gasteiger partial charge in [-0.05, 0) is 23.8 Å². The van der Waals surface area contributed by atoms with Crippen LogP contribution in [0.25, 0.3) is 6.08 Å². The Labute approximate surface area is 151 Å². The minimum Gasteiger partial charge on any atom is -0.379 e. The molecule has 26 heavy (non-hydrogen) atoms. The van der Waals surface area contributed by atoms with Crippen molar-refractivity contribution in [1.29, 1.82) is 0 Å². The first-order valence-corrected chi connectivity index (χ1v) is 8.81. The first-order chi connectivity index (χ1) is 12.7. The number of fused-ring (bicyclic) bond motifs is 1. The summed E-state index contributed by atoms with van der Waals surface area (Å²) in [5, 5.41) is 9.85. The molecule has 1 aromatic carbocycles. The number of amides is 1. The lowest BCUT2D eigenvalue weighted by molar-refractivity contribution is 0.0293. The smallest absolute Gasteiger partial charge is 0.274 e. The monoisotopic (exact) mass is 354 g/mol. The molecule has 7 nitrogen and oxygen atoms in total. The Morgan fingerprint density at radius 1 is 1.23 bits per heavy atom. The van der Waals surface area contributed by atoms with Gasteiger partial charge in [0, 0.05) is 42.7 Å². The Morgan fingerprint density at radius 3 is 2.73 bits per heavy atom. The van der Waals surface area contributed by atoms with E-state index in [1.165, 1.54) is 5.22 Å². The van der Waals surface area contributed by atoms with Crippen molar-refractivity contribution in [1.82, 2.24) is 14.9 Å². The van der Waals surface area contributed by atoms with Crippen LogP contribution in [0.2, 0.25) is 0 Å². The summed E-state index contributed by atoms with van der Waals surface area (Å²) in [6.07, 6.45) is 4.36. The van der Waals surface area contributed by atoms with Gasteiger partial charge < -0.3 is 9.30 Å². The molecule has 136 valence electrons. The summed E-state index contributed by atoms with van der Waals surface area (Å²) >= 11 is 0. The number of hydrogen-bond donors (Lipinski definition) is 2. The maximum Gasteiger partial charge on any atom is 0.274 e. The average Bonchev–Trinajstić information content (AvgIpc) is 3.10. The Bertz CT molecular complexity index is 898. The third kappa shape index (κ3) is 3.41.